The van der Waals surface area contributed by atoms with E-state index in [4.69, 9.17) is 10.3 Å². The third kappa shape index (κ3) is 3.37. The van der Waals surface area contributed by atoms with Gasteiger partial charge in [0.15, 0.2) is 23.2 Å². The van der Waals surface area contributed by atoms with Gasteiger partial charge in [-0.25, -0.2) is 15.0 Å². The van der Waals surface area contributed by atoms with Gasteiger partial charge in [-0.15, -0.1) is 0 Å². The number of nitrogens with zero attached hydrogens (tertiary/aromatic N) is 7. The van der Waals surface area contributed by atoms with Gasteiger partial charge in [0, 0.05) is 10.5 Å². The number of imidazole rings is 1. The number of carbonyl (C=O) groups is 1. The highest BCUT2D eigenvalue weighted by molar-refractivity contribution is 6.06. The number of hydrogen-bond acceptors (Lipinski definition) is 8. The van der Waals surface area contributed by atoms with Crippen molar-refractivity contribution in [3.8, 4) is 0 Å². The first-order valence-electron chi connectivity index (χ1n) is 8.66. The van der Waals surface area contributed by atoms with Gasteiger partial charge in [-0.2, -0.15) is 0 Å². The number of fused-ring (bicyclic) bond motifs is 1. The van der Waals surface area contributed by atoms with Crippen LogP contribution in [0.4, 0.5) is 5.82 Å². The fourth-order valence-electron chi connectivity index (χ4n) is 3.21. The summed E-state index contributed by atoms with van der Waals surface area (Å²) in [5, 5.41) is 26.2. The van der Waals surface area contributed by atoms with Crippen LogP contribution < -0.4 is 5.32 Å². The molecule has 2 unspecified atom stereocenters. The number of rotatable bonds is 5. The molecule has 148 valence electrons. The van der Waals surface area contributed by atoms with E-state index in [-0.39, 0.29) is 11.7 Å². The number of anilines is 1. The molecule has 1 saturated heterocycles. The zero-order valence-corrected chi connectivity index (χ0v) is 14.9. The fourth-order valence-corrected chi connectivity index (χ4v) is 3.21. The molecule has 3 N–H and O–H groups in total. The summed E-state index contributed by atoms with van der Waals surface area (Å²) in [6, 6.07) is 7.66. The van der Waals surface area contributed by atoms with Crippen LogP contribution >= 0.6 is 0 Å². The first kappa shape index (κ1) is 18.8. The van der Waals surface area contributed by atoms with Gasteiger partial charge >= 0.3 is 0 Å². The van der Waals surface area contributed by atoms with Gasteiger partial charge in [-0.1, -0.05) is 23.3 Å². The van der Waals surface area contributed by atoms with E-state index in [1.54, 1.807) is 30.3 Å². The molecule has 1 aliphatic heterocycles. The van der Waals surface area contributed by atoms with Crippen molar-refractivity contribution >= 4 is 22.9 Å². The quantitative estimate of drug-likeness (QED) is 0.328. The molecular weight excluding hydrogens is 380 g/mol. The maximum Gasteiger partial charge on any atom is 0.256 e. The van der Waals surface area contributed by atoms with Crippen LogP contribution in [0, 0.1) is 0 Å². The summed E-state index contributed by atoms with van der Waals surface area (Å²) < 4.78 is 7.08. The Morgan fingerprint density at radius 1 is 1.31 bits per heavy atom. The maximum atomic E-state index is 12.4. The normalized spacial score (nSPS) is 23.7. The van der Waals surface area contributed by atoms with Crippen molar-refractivity contribution in [2.24, 2.45) is 5.11 Å². The van der Waals surface area contributed by atoms with Gasteiger partial charge in [0.2, 0.25) is 0 Å². The summed E-state index contributed by atoms with van der Waals surface area (Å²) in [6.45, 7) is -0.433. The first-order chi connectivity index (χ1) is 14.1. The number of ether oxygens (including phenoxy) is 1. The second kappa shape index (κ2) is 7.81. The Hall–Kier alpha value is -3.57. The Morgan fingerprint density at radius 2 is 2.10 bits per heavy atom. The average Bonchev–Trinajstić information content (AvgIpc) is 3.31. The maximum absolute atomic E-state index is 12.4. The van der Waals surface area contributed by atoms with Gasteiger partial charge in [0.05, 0.1) is 25.1 Å². The standard InChI is InChI=1S/C17H16N8O4/c18-24-23-11-10(6-26)29-17(13(11)27)25-8-21-12-14(19-7-20-15(12)25)22-16(28)9-4-2-1-3-5-9/h1-5,7-8,10-11,13,17,26-27H,6H2,(H,19,20,22,28)/t10-,11?,13?,17-/m1/s1. The molecule has 29 heavy (non-hydrogen) atoms. The molecule has 1 amide bonds. The number of hydrogen-bond donors (Lipinski definition) is 3. The lowest BCUT2D eigenvalue weighted by molar-refractivity contribution is -0.0488. The predicted octanol–water partition coefficient (Wildman–Crippen LogP) is 1.01. The highest BCUT2D eigenvalue weighted by atomic mass is 16.5. The lowest BCUT2D eigenvalue weighted by Gasteiger charge is -2.16. The molecule has 4 atom stereocenters. The topological polar surface area (TPSA) is 171 Å². The Bertz CT molecular complexity index is 1080. The van der Waals surface area contributed by atoms with Crippen molar-refractivity contribution in [1.29, 1.82) is 0 Å². The minimum atomic E-state index is -1.22. The molecule has 0 spiro atoms. The van der Waals surface area contributed by atoms with Crippen LogP contribution in [0.3, 0.4) is 0 Å². The lowest BCUT2D eigenvalue weighted by Crippen LogP contribution is -2.31. The minimum absolute atomic E-state index is 0.195. The third-order valence-corrected chi connectivity index (χ3v) is 4.60. The molecule has 2 aromatic heterocycles. The monoisotopic (exact) mass is 396 g/mol. The van der Waals surface area contributed by atoms with Crippen molar-refractivity contribution in [3.05, 3.63) is 59.0 Å². The van der Waals surface area contributed by atoms with E-state index < -0.39 is 31.1 Å². The van der Waals surface area contributed by atoms with E-state index in [1.807, 2.05) is 0 Å². The number of nitrogens with one attached hydrogen (secondary N) is 1. The summed E-state index contributed by atoms with van der Waals surface area (Å²) in [5.74, 6) is -0.165. The van der Waals surface area contributed by atoms with Crippen LogP contribution in [-0.4, -0.2) is 60.5 Å². The molecular formula is C17H16N8O4. The molecule has 0 saturated carbocycles. The van der Waals surface area contributed by atoms with Gasteiger partial charge in [-0.3, -0.25) is 9.36 Å². The van der Waals surface area contributed by atoms with Gasteiger partial charge < -0.3 is 20.3 Å². The molecule has 12 nitrogen and oxygen atoms in total. The fraction of sp³-hybridized carbons (Fsp3) is 0.294. The third-order valence-electron chi connectivity index (χ3n) is 4.60. The van der Waals surface area contributed by atoms with Gasteiger partial charge in [0.1, 0.15) is 12.4 Å². The van der Waals surface area contributed by atoms with Crippen molar-refractivity contribution < 1.29 is 19.7 Å². The van der Waals surface area contributed by atoms with Gasteiger partial charge in [-0.05, 0) is 17.7 Å². The van der Waals surface area contributed by atoms with E-state index in [2.05, 4.69) is 30.3 Å². The molecule has 12 heteroatoms. The number of aliphatic hydroxyl groups is 2. The number of amides is 1. The van der Waals surface area contributed by atoms with Crippen molar-refractivity contribution in [2.75, 3.05) is 11.9 Å². The summed E-state index contributed by atoms with van der Waals surface area (Å²) in [7, 11) is 0. The molecule has 1 aliphatic rings. The molecule has 0 aliphatic carbocycles. The Balaban J connectivity index is 1.66. The predicted molar refractivity (Wildman–Crippen MR) is 99.7 cm³/mol. The zero-order chi connectivity index (χ0) is 20.4. The molecule has 3 aromatic rings. The zero-order valence-electron chi connectivity index (χ0n) is 14.9. The summed E-state index contributed by atoms with van der Waals surface area (Å²) in [5.41, 5.74) is 9.73. The average molecular weight is 396 g/mol. The van der Waals surface area contributed by atoms with Crippen LogP contribution in [0.1, 0.15) is 16.6 Å². The van der Waals surface area contributed by atoms with Gasteiger partial charge in [0.25, 0.3) is 5.91 Å². The Kier molecular flexibility index (Phi) is 5.06. The Labute approximate surface area is 163 Å². The highest BCUT2D eigenvalue weighted by Gasteiger charge is 2.44. The summed E-state index contributed by atoms with van der Waals surface area (Å²) >= 11 is 0. The highest BCUT2D eigenvalue weighted by Crippen LogP contribution is 2.33. The van der Waals surface area contributed by atoms with E-state index in [0.717, 1.165) is 0 Å². The molecule has 0 bridgehead atoms. The second-order valence-corrected chi connectivity index (χ2v) is 6.30. The Morgan fingerprint density at radius 3 is 2.83 bits per heavy atom. The molecule has 4 rings (SSSR count). The number of azide groups is 1. The summed E-state index contributed by atoms with van der Waals surface area (Å²) in [4.78, 5) is 27.6. The van der Waals surface area contributed by atoms with Crippen molar-refractivity contribution in [3.63, 3.8) is 0 Å². The smallest absolute Gasteiger partial charge is 0.256 e. The van der Waals surface area contributed by atoms with E-state index >= 15 is 0 Å². The number of aromatic nitrogens is 4. The number of benzene rings is 1. The second-order valence-electron chi connectivity index (χ2n) is 6.30. The summed E-state index contributed by atoms with van der Waals surface area (Å²) in [6.07, 6.45) is -0.463. The van der Waals surface area contributed by atoms with Crippen LogP contribution in [0.25, 0.3) is 21.6 Å². The van der Waals surface area contributed by atoms with E-state index in [9.17, 15) is 15.0 Å². The van der Waals surface area contributed by atoms with Crippen LogP contribution in [0.15, 0.2) is 48.1 Å². The molecule has 1 fully saturated rings. The minimum Gasteiger partial charge on any atom is -0.394 e. The van der Waals surface area contributed by atoms with Crippen LogP contribution in [0.5, 0.6) is 0 Å². The first-order valence-corrected chi connectivity index (χ1v) is 8.66. The van der Waals surface area contributed by atoms with Crippen molar-refractivity contribution in [2.45, 2.75) is 24.5 Å². The largest absolute Gasteiger partial charge is 0.394 e. The van der Waals surface area contributed by atoms with Crippen molar-refractivity contribution in [1.82, 2.24) is 19.5 Å². The SMILES string of the molecule is [N-]=[N+]=NC1C(O)[C@H](n2cnc3c(NC(=O)c4ccccc4)ncnc32)O[C@@H]1CO. The number of aliphatic hydroxyl groups excluding tert-OH is 2. The number of carbonyl (C=O) groups excluding carboxylic acids is 1. The van der Waals surface area contributed by atoms with E-state index in [0.29, 0.717) is 16.7 Å². The molecule has 3 heterocycles. The van der Waals surface area contributed by atoms with Crippen LogP contribution in [0.2, 0.25) is 0 Å². The van der Waals surface area contributed by atoms with E-state index in [1.165, 1.54) is 17.2 Å². The molecule has 0 radical (unpaired) electrons. The lowest BCUT2D eigenvalue weighted by atomic mass is 10.1. The molecule has 1 aromatic carbocycles. The van der Waals surface area contributed by atoms with Crippen LogP contribution in [-0.2, 0) is 4.74 Å².